The standard InChI is InChI=1S/C20H26N2OS/c1-13-9-14(2)19-17(10-13)11-15(3)20(21-19)24-12-18(23)22-8-6-5-7-16(22)4/h9-11,16H,5-8,12H2,1-4H3. The number of aromatic nitrogens is 1. The number of rotatable bonds is 3. The lowest BCUT2D eigenvalue weighted by Crippen LogP contribution is -2.42. The van der Waals surface area contributed by atoms with Crippen LogP contribution in [0.25, 0.3) is 10.9 Å². The van der Waals surface area contributed by atoms with Crippen molar-refractivity contribution in [3.05, 3.63) is 34.9 Å². The summed E-state index contributed by atoms with van der Waals surface area (Å²) in [5.74, 6) is 0.725. The quantitative estimate of drug-likeness (QED) is 0.761. The summed E-state index contributed by atoms with van der Waals surface area (Å²) in [6.07, 6.45) is 3.50. The van der Waals surface area contributed by atoms with Crippen LogP contribution >= 0.6 is 11.8 Å². The Labute approximate surface area is 148 Å². The van der Waals surface area contributed by atoms with Crippen LogP contribution in [-0.4, -0.2) is 34.1 Å². The largest absolute Gasteiger partial charge is 0.339 e. The Balaban J connectivity index is 1.77. The number of likely N-dealkylation sites (tertiary alicyclic amines) is 1. The fraction of sp³-hybridized carbons (Fsp3) is 0.500. The zero-order chi connectivity index (χ0) is 17.3. The third kappa shape index (κ3) is 3.59. The maximum Gasteiger partial charge on any atom is 0.233 e. The lowest BCUT2D eigenvalue weighted by molar-refractivity contribution is -0.131. The molecule has 3 nitrogen and oxygen atoms in total. The van der Waals surface area contributed by atoms with Gasteiger partial charge in [-0.2, -0.15) is 0 Å². The number of pyridine rings is 1. The van der Waals surface area contributed by atoms with Crippen molar-refractivity contribution in [2.75, 3.05) is 12.3 Å². The molecule has 0 spiro atoms. The molecule has 0 radical (unpaired) electrons. The van der Waals surface area contributed by atoms with E-state index in [0.717, 1.165) is 35.5 Å². The summed E-state index contributed by atoms with van der Waals surface area (Å²) in [4.78, 5) is 19.4. The number of amides is 1. The first-order valence-corrected chi connectivity index (χ1v) is 9.75. The summed E-state index contributed by atoms with van der Waals surface area (Å²) in [7, 11) is 0. The van der Waals surface area contributed by atoms with E-state index < -0.39 is 0 Å². The van der Waals surface area contributed by atoms with E-state index >= 15 is 0 Å². The van der Waals surface area contributed by atoms with Gasteiger partial charge >= 0.3 is 0 Å². The van der Waals surface area contributed by atoms with Crippen LogP contribution in [0.1, 0.15) is 42.9 Å². The van der Waals surface area contributed by atoms with Gasteiger partial charge in [0.2, 0.25) is 5.91 Å². The molecule has 1 aliphatic rings. The molecule has 1 aromatic carbocycles. The minimum Gasteiger partial charge on any atom is -0.339 e. The van der Waals surface area contributed by atoms with E-state index in [4.69, 9.17) is 4.98 Å². The topological polar surface area (TPSA) is 33.2 Å². The molecular formula is C20H26N2OS. The van der Waals surface area contributed by atoms with Crippen LogP contribution < -0.4 is 0 Å². The van der Waals surface area contributed by atoms with Crippen LogP contribution in [0.3, 0.4) is 0 Å². The normalized spacial score (nSPS) is 18.2. The van der Waals surface area contributed by atoms with Crippen molar-refractivity contribution < 1.29 is 4.79 Å². The fourth-order valence-electron chi connectivity index (χ4n) is 3.57. The molecule has 1 amide bonds. The summed E-state index contributed by atoms with van der Waals surface area (Å²) in [5, 5.41) is 2.16. The van der Waals surface area contributed by atoms with Gasteiger partial charge in [0.25, 0.3) is 0 Å². The summed E-state index contributed by atoms with van der Waals surface area (Å²) in [5.41, 5.74) is 4.66. The van der Waals surface area contributed by atoms with Gasteiger partial charge in [-0.05, 0) is 70.2 Å². The molecule has 1 aliphatic heterocycles. The van der Waals surface area contributed by atoms with E-state index in [2.05, 4.69) is 45.9 Å². The van der Waals surface area contributed by atoms with Crippen LogP contribution in [0.2, 0.25) is 0 Å². The van der Waals surface area contributed by atoms with E-state index in [1.165, 1.54) is 22.9 Å². The number of aryl methyl sites for hydroxylation is 3. The van der Waals surface area contributed by atoms with E-state index in [1.807, 2.05) is 4.90 Å². The van der Waals surface area contributed by atoms with Crippen molar-refractivity contribution >= 4 is 28.6 Å². The monoisotopic (exact) mass is 342 g/mol. The molecule has 2 heterocycles. The molecule has 1 fully saturated rings. The SMILES string of the molecule is Cc1cc(C)c2nc(SCC(=O)N3CCCCC3C)c(C)cc2c1. The molecule has 128 valence electrons. The van der Waals surface area contributed by atoms with Crippen molar-refractivity contribution in [3.8, 4) is 0 Å². The lowest BCUT2D eigenvalue weighted by Gasteiger charge is -2.33. The van der Waals surface area contributed by atoms with Crippen LogP contribution in [0, 0.1) is 20.8 Å². The molecule has 1 saturated heterocycles. The second-order valence-electron chi connectivity index (χ2n) is 6.98. The van der Waals surface area contributed by atoms with Crippen molar-refractivity contribution in [1.82, 2.24) is 9.88 Å². The zero-order valence-corrected chi connectivity index (χ0v) is 15.9. The third-order valence-corrected chi connectivity index (χ3v) is 5.93. The number of hydrogen-bond acceptors (Lipinski definition) is 3. The second-order valence-corrected chi connectivity index (χ2v) is 7.95. The lowest BCUT2D eigenvalue weighted by atomic mass is 10.0. The Morgan fingerprint density at radius 3 is 2.75 bits per heavy atom. The predicted molar refractivity (Wildman–Crippen MR) is 102 cm³/mol. The molecule has 3 rings (SSSR count). The third-order valence-electron chi connectivity index (χ3n) is 4.85. The zero-order valence-electron chi connectivity index (χ0n) is 15.1. The summed E-state index contributed by atoms with van der Waals surface area (Å²) in [6, 6.07) is 6.91. The van der Waals surface area contributed by atoms with Crippen LogP contribution in [0.5, 0.6) is 0 Å². The highest BCUT2D eigenvalue weighted by atomic mass is 32.2. The molecule has 0 saturated carbocycles. The van der Waals surface area contributed by atoms with Gasteiger partial charge < -0.3 is 4.90 Å². The Morgan fingerprint density at radius 1 is 1.21 bits per heavy atom. The first-order valence-electron chi connectivity index (χ1n) is 8.76. The molecule has 1 aromatic heterocycles. The van der Waals surface area contributed by atoms with Gasteiger partial charge in [-0.3, -0.25) is 4.79 Å². The number of fused-ring (bicyclic) bond motifs is 1. The Hall–Kier alpha value is -1.55. The number of carbonyl (C=O) groups excluding carboxylic acids is 1. The fourth-order valence-corrected chi connectivity index (χ4v) is 4.44. The molecule has 1 unspecified atom stereocenters. The predicted octanol–water partition coefficient (Wildman–Crippen LogP) is 4.65. The molecule has 0 N–H and O–H groups in total. The van der Waals surface area contributed by atoms with Crippen molar-refractivity contribution in [2.24, 2.45) is 0 Å². The number of thioether (sulfide) groups is 1. The Kier molecular flexibility index (Phi) is 5.14. The maximum absolute atomic E-state index is 12.5. The number of piperidine rings is 1. The van der Waals surface area contributed by atoms with Gasteiger partial charge in [-0.1, -0.05) is 23.4 Å². The van der Waals surface area contributed by atoms with Gasteiger partial charge in [0, 0.05) is 18.0 Å². The molecule has 0 aliphatic carbocycles. The maximum atomic E-state index is 12.5. The number of hydrogen-bond donors (Lipinski definition) is 0. The van der Waals surface area contributed by atoms with E-state index in [9.17, 15) is 4.79 Å². The Morgan fingerprint density at radius 2 is 2.00 bits per heavy atom. The van der Waals surface area contributed by atoms with Gasteiger partial charge in [-0.25, -0.2) is 4.98 Å². The highest BCUT2D eigenvalue weighted by molar-refractivity contribution is 7.99. The minimum atomic E-state index is 0.245. The summed E-state index contributed by atoms with van der Waals surface area (Å²) in [6.45, 7) is 9.37. The van der Waals surface area contributed by atoms with Crippen molar-refractivity contribution in [2.45, 2.75) is 58.0 Å². The highest BCUT2D eigenvalue weighted by Gasteiger charge is 2.23. The highest BCUT2D eigenvalue weighted by Crippen LogP contribution is 2.28. The molecule has 2 aromatic rings. The minimum absolute atomic E-state index is 0.245. The van der Waals surface area contributed by atoms with Gasteiger partial charge in [-0.15, -0.1) is 0 Å². The smallest absolute Gasteiger partial charge is 0.233 e. The number of benzene rings is 1. The van der Waals surface area contributed by atoms with Gasteiger partial charge in [0.15, 0.2) is 0 Å². The van der Waals surface area contributed by atoms with E-state index in [0.29, 0.717) is 11.8 Å². The average molecular weight is 343 g/mol. The average Bonchev–Trinajstić information content (AvgIpc) is 2.53. The summed E-state index contributed by atoms with van der Waals surface area (Å²) < 4.78 is 0. The number of nitrogens with zero attached hydrogens (tertiary/aromatic N) is 2. The number of carbonyl (C=O) groups is 1. The molecule has 0 bridgehead atoms. The molecule has 24 heavy (non-hydrogen) atoms. The second kappa shape index (κ2) is 7.14. The van der Waals surface area contributed by atoms with Crippen LogP contribution in [-0.2, 0) is 4.79 Å². The van der Waals surface area contributed by atoms with Crippen LogP contribution in [0.15, 0.2) is 23.2 Å². The van der Waals surface area contributed by atoms with E-state index in [-0.39, 0.29) is 5.91 Å². The van der Waals surface area contributed by atoms with E-state index in [1.54, 1.807) is 11.8 Å². The molecular weight excluding hydrogens is 316 g/mol. The van der Waals surface area contributed by atoms with Gasteiger partial charge in [0.1, 0.15) is 5.03 Å². The molecule has 1 atom stereocenters. The van der Waals surface area contributed by atoms with Gasteiger partial charge in [0.05, 0.1) is 11.3 Å². The van der Waals surface area contributed by atoms with Crippen molar-refractivity contribution in [1.29, 1.82) is 0 Å². The van der Waals surface area contributed by atoms with Crippen molar-refractivity contribution in [3.63, 3.8) is 0 Å². The Bertz CT molecular complexity index is 772. The first kappa shape index (κ1) is 17.3. The summed E-state index contributed by atoms with van der Waals surface area (Å²) >= 11 is 1.58. The van der Waals surface area contributed by atoms with Crippen LogP contribution in [0.4, 0.5) is 0 Å². The first-order chi connectivity index (χ1) is 11.5. The molecule has 4 heteroatoms.